The molecule has 0 spiro atoms. The molecular weight excluding hydrogens is 507 g/mol. The number of thiazole rings is 1. The standard InChI is InChI=1S/C22H15Cl3N4O3S/c1-10-11(2)33-22(26-10)28-19(30)12-3-5-13(6-4-12)27-18-17(25)20(31)29(21(18)32)14-7-8-15(23)16(24)9-14/h3-9,27H,1-2H3,(H,26,28,30). The highest BCUT2D eigenvalue weighted by Crippen LogP contribution is 2.33. The topological polar surface area (TPSA) is 91.4 Å². The fraction of sp³-hybridized carbons (Fsp3) is 0.0909. The van der Waals surface area contributed by atoms with Gasteiger partial charge in [-0.15, -0.1) is 11.3 Å². The zero-order valence-electron chi connectivity index (χ0n) is 17.2. The fourth-order valence-electron chi connectivity index (χ4n) is 3.01. The van der Waals surface area contributed by atoms with E-state index in [0.29, 0.717) is 21.4 Å². The van der Waals surface area contributed by atoms with Gasteiger partial charge in [0.2, 0.25) is 0 Å². The molecule has 1 aliphatic rings. The van der Waals surface area contributed by atoms with E-state index >= 15 is 0 Å². The average Bonchev–Trinajstić information content (AvgIpc) is 3.20. The number of benzene rings is 2. The van der Waals surface area contributed by atoms with E-state index in [2.05, 4.69) is 15.6 Å². The van der Waals surface area contributed by atoms with Crippen LogP contribution in [0.2, 0.25) is 10.0 Å². The molecule has 11 heteroatoms. The first-order chi connectivity index (χ1) is 15.7. The second-order valence-corrected chi connectivity index (χ2v) is 9.45. The molecule has 0 saturated carbocycles. The number of rotatable bonds is 5. The Morgan fingerprint density at radius 2 is 1.67 bits per heavy atom. The predicted molar refractivity (Wildman–Crippen MR) is 131 cm³/mol. The zero-order chi connectivity index (χ0) is 23.9. The van der Waals surface area contributed by atoms with Crippen LogP contribution >= 0.6 is 46.1 Å². The maximum Gasteiger partial charge on any atom is 0.283 e. The number of amides is 3. The third-order valence-corrected chi connectivity index (χ3v) is 6.93. The molecule has 3 aromatic rings. The molecular formula is C22H15Cl3N4O3S. The van der Waals surface area contributed by atoms with E-state index in [4.69, 9.17) is 34.8 Å². The number of carbonyl (C=O) groups excluding carboxylic acids is 3. The molecule has 3 amide bonds. The third kappa shape index (κ3) is 4.60. The summed E-state index contributed by atoms with van der Waals surface area (Å²) in [7, 11) is 0. The molecule has 168 valence electrons. The zero-order valence-corrected chi connectivity index (χ0v) is 20.3. The first-order valence-electron chi connectivity index (χ1n) is 9.52. The number of hydrogen-bond acceptors (Lipinski definition) is 6. The van der Waals surface area contributed by atoms with Gasteiger partial charge in [-0.25, -0.2) is 9.88 Å². The normalized spacial score (nSPS) is 13.7. The minimum absolute atomic E-state index is 0.0846. The molecule has 4 rings (SSSR count). The Morgan fingerprint density at radius 1 is 0.970 bits per heavy atom. The van der Waals surface area contributed by atoms with Gasteiger partial charge < -0.3 is 5.32 Å². The van der Waals surface area contributed by atoms with Crippen LogP contribution in [-0.4, -0.2) is 22.7 Å². The van der Waals surface area contributed by atoms with Crippen LogP contribution in [0.5, 0.6) is 0 Å². The van der Waals surface area contributed by atoms with E-state index in [-0.39, 0.29) is 27.3 Å². The highest BCUT2D eigenvalue weighted by molar-refractivity contribution is 7.15. The van der Waals surface area contributed by atoms with E-state index in [0.717, 1.165) is 15.5 Å². The van der Waals surface area contributed by atoms with E-state index < -0.39 is 11.8 Å². The van der Waals surface area contributed by atoms with Crippen LogP contribution in [0.3, 0.4) is 0 Å². The number of anilines is 3. The average molecular weight is 522 g/mol. The molecule has 0 bridgehead atoms. The largest absolute Gasteiger partial charge is 0.350 e. The van der Waals surface area contributed by atoms with Crippen molar-refractivity contribution in [2.45, 2.75) is 13.8 Å². The molecule has 2 aromatic carbocycles. The van der Waals surface area contributed by atoms with Crippen molar-refractivity contribution in [3.63, 3.8) is 0 Å². The molecule has 33 heavy (non-hydrogen) atoms. The predicted octanol–water partition coefficient (Wildman–Crippen LogP) is 5.75. The van der Waals surface area contributed by atoms with Crippen molar-refractivity contribution >= 4 is 80.4 Å². The second kappa shape index (κ2) is 9.15. The quantitative estimate of drug-likeness (QED) is 0.417. The molecule has 0 fully saturated rings. The highest BCUT2D eigenvalue weighted by Gasteiger charge is 2.39. The number of aryl methyl sites for hydroxylation is 2. The molecule has 0 saturated heterocycles. The van der Waals surface area contributed by atoms with Crippen molar-refractivity contribution in [3.05, 3.63) is 79.4 Å². The number of aromatic nitrogens is 1. The minimum atomic E-state index is -0.687. The molecule has 0 radical (unpaired) electrons. The smallest absolute Gasteiger partial charge is 0.283 e. The summed E-state index contributed by atoms with van der Waals surface area (Å²) in [5, 5.41) is 6.36. The first-order valence-corrected chi connectivity index (χ1v) is 11.5. The van der Waals surface area contributed by atoms with Crippen molar-refractivity contribution in [1.29, 1.82) is 0 Å². The Labute approximate surface area is 208 Å². The SMILES string of the molecule is Cc1nc(NC(=O)c2ccc(NC3=C(Cl)C(=O)N(c4ccc(Cl)c(Cl)c4)C3=O)cc2)sc1C. The van der Waals surface area contributed by atoms with E-state index in [1.54, 1.807) is 24.3 Å². The van der Waals surface area contributed by atoms with Crippen molar-refractivity contribution < 1.29 is 14.4 Å². The molecule has 7 nitrogen and oxygen atoms in total. The van der Waals surface area contributed by atoms with Crippen LogP contribution in [0.4, 0.5) is 16.5 Å². The number of imide groups is 1. The van der Waals surface area contributed by atoms with Gasteiger partial charge in [0.25, 0.3) is 17.7 Å². The van der Waals surface area contributed by atoms with Gasteiger partial charge >= 0.3 is 0 Å². The summed E-state index contributed by atoms with van der Waals surface area (Å²) < 4.78 is 0. The van der Waals surface area contributed by atoms with Crippen molar-refractivity contribution in [3.8, 4) is 0 Å². The lowest BCUT2D eigenvalue weighted by molar-refractivity contribution is -0.120. The maximum atomic E-state index is 12.9. The van der Waals surface area contributed by atoms with Gasteiger partial charge in [-0.1, -0.05) is 34.8 Å². The molecule has 2 N–H and O–H groups in total. The molecule has 1 aromatic heterocycles. The van der Waals surface area contributed by atoms with Gasteiger partial charge in [0.15, 0.2) is 5.13 Å². The number of hydrogen-bond donors (Lipinski definition) is 2. The first kappa shape index (κ1) is 23.3. The summed E-state index contributed by atoms with van der Waals surface area (Å²) in [6.07, 6.45) is 0. The van der Waals surface area contributed by atoms with E-state index in [1.165, 1.54) is 29.5 Å². The fourth-order valence-corrected chi connectivity index (χ4v) is 4.33. The number of nitrogens with one attached hydrogen (secondary N) is 2. The van der Waals surface area contributed by atoms with Crippen LogP contribution in [0, 0.1) is 13.8 Å². The van der Waals surface area contributed by atoms with Gasteiger partial charge in [-0.3, -0.25) is 19.7 Å². The maximum absolute atomic E-state index is 12.9. The Kier molecular flexibility index (Phi) is 6.45. The lowest BCUT2D eigenvalue weighted by Crippen LogP contribution is -2.32. The summed E-state index contributed by atoms with van der Waals surface area (Å²) in [6, 6.07) is 10.8. The summed E-state index contributed by atoms with van der Waals surface area (Å²) >= 11 is 19.5. The Bertz CT molecular complexity index is 1320. The Hall–Kier alpha value is -2.91. The van der Waals surface area contributed by atoms with Crippen LogP contribution < -0.4 is 15.5 Å². The monoisotopic (exact) mass is 520 g/mol. The lowest BCUT2D eigenvalue weighted by Gasteiger charge is -2.15. The van der Waals surface area contributed by atoms with Crippen molar-refractivity contribution in [2.75, 3.05) is 15.5 Å². The molecule has 1 aliphatic heterocycles. The van der Waals surface area contributed by atoms with Crippen molar-refractivity contribution in [1.82, 2.24) is 4.98 Å². The molecule has 2 heterocycles. The van der Waals surface area contributed by atoms with Gasteiger partial charge in [-0.2, -0.15) is 0 Å². The van der Waals surface area contributed by atoms with Gasteiger partial charge in [0.05, 0.1) is 21.4 Å². The van der Waals surface area contributed by atoms with Crippen LogP contribution in [0.15, 0.2) is 53.2 Å². The molecule has 0 atom stereocenters. The summed E-state index contributed by atoms with van der Waals surface area (Å²) in [5.41, 5.74) is 1.90. The van der Waals surface area contributed by atoms with E-state index in [1.807, 2.05) is 13.8 Å². The Balaban J connectivity index is 1.49. The number of halogens is 3. The van der Waals surface area contributed by atoms with Crippen LogP contribution in [-0.2, 0) is 9.59 Å². The highest BCUT2D eigenvalue weighted by atomic mass is 35.5. The summed E-state index contributed by atoms with van der Waals surface area (Å²) in [4.78, 5) is 44.2. The van der Waals surface area contributed by atoms with Crippen LogP contribution in [0.1, 0.15) is 20.9 Å². The van der Waals surface area contributed by atoms with Crippen molar-refractivity contribution in [2.24, 2.45) is 0 Å². The third-order valence-electron chi connectivity index (χ3n) is 4.85. The number of nitrogens with zero attached hydrogens (tertiary/aromatic N) is 2. The van der Waals surface area contributed by atoms with Gasteiger partial charge in [0.1, 0.15) is 10.7 Å². The molecule has 0 unspecified atom stereocenters. The minimum Gasteiger partial charge on any atom is -0.350 e. The van der Waals surface area contributed by atoms with Gasteiger partial charge in [-0.05, 0) is 56.3 Å². The molecule has 0 aliphatic carbocycles. The Morgan fingerprint density at radius 3 is 2.27 bits per heavy atom. The summed E-state index contributed by atoms with van der Waals surface area (Å²) in [5.74, 6) is -1.64. The van der Waals surface area contributed by atoms with E-state index in [9.17, 15) is 14.4 Å². The second-order valence-electron chi connectivity index (χ2n) is 7.05. The number of carbonyl (C=O) groups is 3. The van der Waals surface area contributed by atoms with Crippen LogP contribution in [0.25, 0.3) is 0 Å². The lowest BCUT2D eigenvalue weighted by atomic mass is 10.2. The summed E-state index contributed by atoms with van der Waals surface area (Å²) in [6.45, 7) is 3.81. The van der Waals surface area contributed by atoms with Gasteiger partial charge in [0, 0.05) is 16.1 Å².